The standard InChI is InChI=1S/C12H10ClN3O2/c1-2-11-15-16-12(18-11)7-17-9-4-3-8(6-14)10(13)5-9/h3-5H,2,7H2,1H3. The topological polar surface area (TPSA) is 71.9 Å². The average Bonchev–Trinajstić information content (AvgIpc) is 2.84. The Bertz CT molecular complexity index is 589. The lowest BCUT2D eigenvalue weighted by Crippen LogP contribution is -1.96. The molecule has 0 amide bonds. The number of hydrogen-bond acceptors (Lipinski definition) is 5. The molecule has 0 unspecified atom stereocenters. The quantitative estimate of drug-likeness (QED) is 0.848. The summed E-state index contributed by atoms with van der Waals surface area (Å²) in [5, 5.41) is 16.8. The van der Waals surface area contributed by atoms with Crippen LogP contribution in [0.2, 0.25) is 5.02 Å². The summed E-state index contributed by atoms with van der Waals surface area (Å²) in [6, 6.07) is 6.83. The van der Waals surface area contributed by atoms with Gasteiger partial charge in [0.25, 0.3) is 5.89 Å². The Morgan fingerprint density at radius 3 is 2.78 bits per heavy atom. The highest BCUT2D eigenvalue weighted by Gasteiger charge is 2.06. The van der Waals surface area contributed by atoms with Gasteiger partial charge in [-0.25, -0.2) is 0 Å². The third-order valence-electron chi connectivity index (χ3n) is 2.23. The van der Waals surface area contributed by atoms with Gasteiger partial charge in [0.2, 0.25) is 5.89 Å². The lowest BCUT2D eigenvalue weighted by Gasteiger charge is -2.04. The zero-order valence-corrected chi connectivity index (χ0v) is 10.4. The zero-order chi connectivity index (χ0) is 13.0. The van der Waals surface area contributed by atoms with Gasteiger partial charge >= 0.3 is 0 Å². The summed E-state index contributed by atoms with van der Waals surface area (Å²) in [6.07, 6.45) is 0.690. The van der Waals surface area contributed by atoms with E-state index in [0.717, 1.165) is 0 Å². The third-order valence-corrected chi connectivity index (χ3v) is 2.55. The molecule has 0 saturated heterocycles. The normalized spacial score (nSPS) is 10.1. The number of aryl methyl sites for hydroxylation is 1. The Morgan fingerprint density at radius 2 is 2.17 bits per heavy atom. The molecule has 18 heavy (non-hydrogen) atoms. The molecule has 0 spiro atoms. The van der Waals surface area contributed by atoms with Crippen molar-refractivity contribution in [1.29, 1.82) is 5.26 Å². The van der Waals surface area contributed by atoms with Crippen LogP contribution in [0, 0.1) is 11.3 Å². The van der Waals surface area contributed by atoms with Crippen LogP contribution in [0.1, 0.15) is 24.3 Å². The molecule has 0 aliphatic heterocycles. The van der Waals surface area contributed by atoms with Crippen molar-refractivity contribution >= 4 is 11.6 Å². The van der Waals surface area contributed by atoms with Crippen LogP contribution >= 0.6 is 11.6 Å². The number of rotatable bonds is 4. The van der Waals surface area contributed by atoms with Crippen LogP contribution < -0.4 is 4.74 Å². The average molecular weight is 264 g/mol. The van der Waals surface area contributed by atoms with Crippen molar-refractivity contribution in [3.8, 4) is 11.8 Å². The fraction of sp³-hybridized carbons (Fsp3) is 0.250. The lowest BCUT2D eigenvalue weighted by molar-refractivity contribution is 0.259. The first-order valence-corrected chi connectivity index (χ1v) is 5.74. The van der Waals surface area contributed by atoms with Gasteiger partial charge in [-0.15, -0.1) is 10.2 Å². The first-order chi connectivity index (χ1) is 8.72. The molecule has 92 valence electrons. The summed E-state index contributed by atoms with van der Waals surface area (Å²) in [5.41, 5.74) is 0.412. The summed E-state index contributed by atoms with van der Waals surface area (Å²) >= 11 is 5.88. The van der Waals surface area contributed by atoms with Crippen LogP contribution in [-0.2, 0) is 13.0 Å². The SMILES string of the molecule is CCc1nnc(COc2ccc(C#N)c(Cl)c2)o1. The first-order valence-electron chi connectivity index (χ1n) is 5.36. The van der Waals surface area contributed by atoms with Crippen LogP contribution in [0.5, 0.6) is 5.75 Å². The number of nitrogens with zero attached hydrogens (tertiary/aromatic N) is 3. The van der Waals surface area contributed by atoms with Crippen LogP contribution in [0.3, 0.4) is 0 Å². The van der Waals surface area contributed by atoms with E-state index in [1.54, 1.807) is 18.2 Å². The molecular formula is C12H10ClN3O2. The molecule has 0 aliphatic carbocycles. The van der Waals surface area contributed by atoms with Gasteiger partial charge in [0.15, 0.2) is 6.61 Å². The fourth-order valence-corrected chi connectivity index (χ4v) is 1.52. The van der Waals surface area contributed by atoms with E-state index < -0.39 is 0 Å². The molecule has 1 aromatic carbocycles. The maximum atomic E-state index is 8.74. The van der Waals surface area contributed by atoms with Gasteiger partial charge in [-0.2, -0.15) is 5.26 Å². The summed E-state index contributed by atoms with van der Waals surface area (Å²) in [7, 11) is 0. The fourth-order valence-electron chi connectivity index (χ4n) is 1.31. The van der Waals surface area contributed by atoms with Gasteiger partial charge in [-0.3, -0.25) is 0 Å². The van der Waals surface area contributed by atoms with Crippen LogP contribution in [-0.4, -0.2) is 10.2 Å². The maximum Gasteiger partial charge on any atom is 0.253 e. The summed E-state index contributed by atoms with van der Waals surface area (Å²) in [6.45, 7) is 2.10. The number of aromatic nitrogens is 2. The molecular weight excluding hydrogens is 254 g/mol. The molecule has 0 fully saturated rings. The molecule has 0 aliphatic rings. The van der Waals surface area contributed by atoms with Crippen molar-refractivity contribution in [2.75, 3.05) is 0 Å². The monoisotopic (exact) mass is 263 g/mol. The summed E-state index contributed by atoms with van der Waals surface area (Å²) in [5.74, 6) is 1.54. The molecule has 0 bridgehead atoms. The highest BCUT2D eigenvalue weighted by molar-refractivity contribution is 6.31. The number of hydrogen-bond donors (Lipinski definition) is 0. The van der Waals surface area contributed by atoms with Gasteiger partial charge in [-0.05, 0) is 12.1 Å². The van der Waals surface area contributed by atoms with Crippen LogP contribution in [0.25, 0.3) is 0 Å². The Morgan fingerprint density at radius 1 is 1.39 bits per heavy atom. The number of halogens is 1. The van der Waals surface area contributed by atoms with Crippen molar-refractivity contribution in [2.24, 2.45) is 0 Å². The highest BCUT2D eigenvalue weighted by Crippen LogP contribution is 2.22. The Hall–Kier alpha value is -2.06. The van der Waals surface area contributed by atoms with E-state index in [-0.39, 0.29) is 6.61 Å². The highest BCUT2D eigenvalue weighted by atomic mass is 35.5. The van der Waals surface area contributed by atoms with Crippen molar-refractivity contribution in [3.63, 3.8) is 0 Å². The number of ether oxygens (including phenoxy) is 1. The smallest absolute Gasteiger partial charge is 0.253 e. The van der Waals surface area contributed by atoms with E-state index >= 15 is 0 Å². The van der Waals surface area contributed by atoms with Crippen molar-refractivity contribution in [3.05, 3.63) is 40.6 Å². The second-order valence-electron chi connectivity index (χ2n) is 3.49. The largest absolute Gasteiger partial charge is 0.484 e. The third kappa shape index (κ3) is 2.79. The van der Waals surface area contributed by atoms with Crippen molar-refractivity contribution in [2.45, 2.75) is 20.0 Å². The Kier molecular flexibility index (Phi) is 3.80. The lowest BCUT2D eigenvalue weighted by atomic mass is 10.2. The number of benzene rings is 1. The molecule has 0 saturated carbocycles. The molecule has 0 N–H and O–H groups in total. The van der Waals surface area contributed by atoms with Gasteiger partial charge in [0.1, 0.15) is 11.8 Å². The van der Waals surface area contributed by atoms with Gasteiger partial charge < -0.3 is 9.15 Å². The minimum Gasteiger partial charge on any atom is -0.484 e. The molecule has 2 rings (SSSR count). The van der Waals surface area contributed by atoms with E-state index in [2.05, 4.69) is 10.2 Å². The number of nitriles is 1. The second kappa shape index (κ2) is 5.52. The predicted octanol–water partition coefficient (Wildman–Crippen LogP) is 2.74. The van der Waals surface area contributed by atoms with E-state index in [9.17, 15) is 0 Å². The molecule has 1 aromatic heterocycles. The molecule has 5 nitrogen and oxygen atoms in total. The Balaban J connectivity index is 2.02. The van der Waals surface area contributed by atoms with E-state index in [4.69, 9.17) is 26.0 Å². The van der Waals surface area contributed by atoms with Crippen LogP contribution in [0.4, 0.5) is 0 Å². The minimum atomic E-state index is 0.176. The molecule has 2 aromatic rings. The van der Waals surface area contributed by atoms with Crippen LogP contribution in [0.15, 0.2) is 22.6 Å². The minimum absolute atomic E-state index is 0.176. The summed E-state index contributed by atoms with van der Waals surface area (Å²) in [4.78, 5) is 0. The van der Waals surface area contributed by atoms with Crippen molar-refractivity contribution < 1.29 is 9.15 Å². The first kappa shape index (κ1) is 12.4. The Labute approximate surface area is 109 Å². The molecule has 1 heterocycles. The molecule has 0 radical (unpaired) electrons. The van der Waals surface area contributed by atoms with E-state index in [1.165, 1.54) is 0 Å². The van der Waals surface area contributed by atoms with E-state index in [1.807, 2.05) is 13.0 Å². The van der Waals surface area contributed by atoms with Gasteiger partial charge in [0, 0.05) is 12.5 Å². The second-order valence-corrected chi connectivity index (χ2v) is 3.89. The van der Waals surface area contributed by atoms with Gasteiger partial charge in [-0.1, -0.05) is 18.5 Å². The molecule has 6 heteroatoms. The zero-order valence-electron chi connectivity index (χ0n) is 9.68. The predicted molar refractivity (Wildman–Crippen MR) is 64.2 cm³/mol. The van der Waals surface area contributed by atoms with E-state index in [0.29, 0.717) is 34.5 Å². The molecule has 0 atom stereocenters. The summed E-state index contributed by atoms with van der Waals surface area (Å²) < 4.78 is 10.7. The maximum absolute atomic E-state index is 8.74. The van der Waals surface area contributed by atoms with Gasteiger partial charge in [0.05, 0.1) is 10.6 Å². The van der Waals surface area contributed by atoms with Crippen molar-refractivity contribution in [1.82, 2.24) is 10.2 Å².